The van der Waals surface area contributed by atoms with E-state index in [1.54, 1.807) is 0 Å². The second-order valence-electron chi connectivity index (χ2n) is 40.3. The van der Waals surface area contributed by atoms with Crippen LogP contribution in [0.5, 0.6) is 0 Å². The SMILES string of the molecule is CC(C)(C)/C=C/CNC(C)(C)C.CC(C)(C)/C=C\CNC(C)(C)C.CC(C)(C)C#CCNC(C)(C)C.CC(C)(C)CCCCC(C)(C)C.CC(C)(C)CCCNC(C)(C)C.CC(C)(C)CCCOC(C)(C)C.CC(C)(C)NCc1ccccc1C(C)(C)C. The molecule has 0 amide bonds. The Hall–Kier alpha value is -1.98. The van der Waals surface area contributed by atoms with Gasteiger partial charge in [0.15, 0.2) is 0 Å². The topological polar surface area (TPSA) is 69.4 Å². The lowest BCUT2D eigenvalue weighted by atomic mass is 9.83. The van der Waals surface area contributed by atoms with Crippen molar-refractivity contribution in [2.45, 2.75) is 387 Å². The van der Waals surface area contributed by atoms with E-state index in [9.17, 15) is 0 Å². The van der Waals surface area contributed by atoms with Gasteiger partial charge in [-0.15, -0.1) is 0 Å². The normalized spacial score (nSPS) is 13.4. The molecule has 6 nitrogen and oxygen atoms in total. The van der Waals surface area contributed by atoms with Gasteiger partial charge in [-0.3, -0.25) is 0 Å². The minimum Gasteiger partial charge on any atom is -0.376 e. The van der Waals surface area contributed by atoms with Crippen molar-refractivity contribution >= 4 is 0 Å². The molecule has 0 aliphatic carbocycles. The van der Waals surface area contributed by atoms with E-state index in [2.05, 4.69) is 378 Å². The number of hydrogen-bond donors (Lipinski definition) is 5. The predicted molar refractivity (Wildman–Crippen MR) is 408 cm³/mol. The number of benzene rings is 1. The molecular formula is C82H167N5O. The van der Waals surface area contributed by atoms with Crippen molar-refractivity contribution in [1.82, 2.24) is 26.6 Å². The molecule has 0 aromatic heterocycles. The highest BCUT2D eigenvalue weighted by atomic mass is 16.5. The monoisotopic (exact) mass is 1240 g/mol. The van der Waals surface area contributed by atoms with Gasteiger partial charge in [-0.1, -0.05) is 219 Å². The molecule has 0 radical (unpaired) electrons. The molecule has 0 aliphatic rings. The average Bonchev–Trinajstić information content (AvgIpc) is 3.24. The maximum atomic E-state index is 5.62. The Labute approximate surface area is 558 Å². The molecule has 0 saturated carbocycles. The van der Waals surface area contributed by atoms with Gasteiger partial charge in [0.2, 0.25) is 0 Å². The van der Waals surface area contributed by atoms with Crippen LogP contribution in [0.15, 0.2) is 48.6 Å². The van der Waals surface area contributed by atoms with Gasteiger partial charge in [-0.25, -0.2) is 0 Å². The number of nitrogens with one attached hydrogen (secondary N) is 5. The molecule has 0 unspecified atom stereocenters. The Bertz CT molecular complexity index is 1780. The van der Waals surface area contributed by atoms with E-state index < -0.39 is 0 Å². The fourth-order valence-corrected chi connectivity index (χ4v) is 7.31. The third-order valence-electron chi connectivity index (χ3n) is 12.0. The molecule has 1 aromatic rings. The maximum Gasteiger partial charge on any atom is 0.0598 e. The van der Waals surface area contributed by atoms with E-state index in [-0.39, 0.29) is 44.1 Å². The first-order chi connectivity index (χ1) is 38.4. The summed E-state index contributed by atoms with van der Waals surface area (Å²) in [5.41, 5.74) is 6.88. The zero-order chi connectivity index (χ0) is 71.4. The Kier molecular flexibility index (Phi) is 47.5. The lowest BCUT2D eigenvalue weighted by Crippen LogP contribution is -2.36. The van der Waals surface area contributed by atoms with Crippen LogP contribution in [0.25, 0.3) is 0 Å². The highest BCUT2D eigenvalue weighted by Crippen LogP contribution is 2.28. The van der Waals surface area contributed by atoms with E-state index in [1.807, 2.05) is 0 Å². The molecule has 0 heterocycles. The summed E-state index contributed by atoms with van der Waals surface area (Å²) in [6.07, 6.45) is 19.4. The number of allylic oxidation sites excluding steroid dienone is 2. The predicted octanol–water partition coefficient (Wildman–Crippen LogP) is 23.7. The number of hydrogen-bond acceptors (Lipinski definition) is 6. The van der Waals surface area contributed by atoms with Crippen molar-refractivity contribution in [3.8, 4) is 11.8 Å². The summed E-state index contributed by atoms with van der Waals surface area (Å²) in [6.45, 7) is 98.8. The molecule has 5 N–H and O–H groups in total. The summed E-state index contributed by atoms with van der Waals surface area (Å²) >= 11 is 0. The zero-order valence-electron chi connectivity index (χ0n) is 68.4. The summed E-state index contributed by atoms with van der Waals surface area (Å²) < 4.78 is 5.62. The summed E-state index contributed by atoms with van der Waals surface area (Å²) in [7, 11) is 0. The van der Waals surface area contributed by atoms with Crippen LogP contribution in [0.3, 0.4) is 0 Å². The largest absolute Gasteiger partial charge is 0.376 e. The third kappa shape index (κ3) is 103. The Balaban J connectivity index is -0.000000224. The van der Waals surface area contributed by atoms with Crippen LogP contribution in [0.2, 0.25) is 0 Å². The van der Waals surface area contributed by atoms with Gasteiger partial charge in [0, 0.05) is 59.4 Å². The van der Waals surface area contributed by atoms with Crippen molar-refractivity contribution in [3.05, 3.63) is 59.7 Å². The molecule has 526 valence electrons. The lowest BCUT2D eigenvalue weighted by molar-refractivity contribution is -0.00721. The van der Waals surface area contributed by atoms with Gasteiger partial charge in [0.25, 0.3) is 0 Å². The molecule has 1 rings (SSSR count). The molecule has 0 atom stereocenters. The fourth-order valence-electron chi connectivity index (χ4n) is 7.31. The smallest absolute Gasteiger partial charge is 0.0598 e. The zero-order valence-corrected chi connectivity index (χ0v) is 68.4. The second kappa shape index (κ2) is 43.1. The number of rotatable bonds is 16. The van der Waals surface area contributed by atoms with Crippen LogP contribution < -0.4 is 26.6 Å². The van der Waals surface area contributed by atoms with Crippen molar-refractivity contribution in [2.24, 2.45) is 37.9 Å². The minimum atomic E-state index is 0.0257. The molecule has 6 heteroatoms. The molecule has 88 heavy (non-hydrogen) atoms. The van der Waals surface area contributed by atoms with E-state index >= 15 is 0 Å². The summed E-state index contributed by atoms with van der Waals surface area (Å²) in [6, 6.07) is 8.70. The van der Waals surface area contributed by atoms with E-state index in [1.165, 1.54) is 62.5 Å². The summed E-state index contributed by atoms with van der Waals surface area (Å²) in [5, 5.41) is 17.2. The first-order valence-electron chi connectivity index (χ1n) is 34.8. The van der Waals surface area contributed by atoms with E-state index in [4.69, 9.17) is 4.74 Å². The Morgan fingerprint density at radius 1 is 0.375 bits per heavy atom. The standard InChI is InChI=1S/C15H25N.C12H26.C11H25N.2C11H23N.C11H21N.C11H24O/c1-14(2,3)13-10-8-7-9-12(13)11-16-15(4,5)6;1-11(2,3)9-7-8-10-12(4,5)6;5*1-10(2,3)8-7-9-12-11(4,5)6/h7-10,16H,11H2,1-6H3;7-10H2,1-6H3;12H,7-9H2,1-6H3;2*7-8,12H,9H2,1-6H3;12H,9H2,1-6H3;7-9H2,1-6H3/b;;;8-7+;8-7-;;. The highest BCUT2D eigenvalue weighted by molar-refractivity contribution is 5.32. The van der Waals surface area contributed by atoms with Gasteiger partial charge in [0.05, 0.1) is 12.1 Å². The van der Waals surface area contributed by atoms with Crippen LogP contribution in [-0.4, -0.2) is 66.1 Å². The van der Waals surface area contributed by atoms with Gasteiger partial charge < -0.3 is 31.3 Å². The highest BCUT2D eigenvalue weighted by Gasteiger charge is 2.20. The number of ether oxygens (including phenoxy) is 1. The molecule has 0 spiro atoms. The van der Waals surface area contributed by atoms with Gasteiger partial charge in [-0.05, 0) is 240 Å². The average molecular weight is 1240 g/mol. The lowest BCUT2D eigenvalue weighted by Gasteiger charge is -2.26. The van der Waals surface area contributed by atoms with Crippen LogP contribution in [0.1, 0.15) is 353 Å². The maximum absolute atomic E-state index is 5.62. The molecule has 0 saturated heterocycles. The molecular weight excluding hydrogens is 1070 g/mol. The van der Waals surface area contributed by atoms with Crippen molar-refractivity contribution in [3.63, 3.8) is 0 Å². The van der Waals surface area contributed by atoms with Crippen LogP contribution in [0, 0.1) is 49.7 Å². The van der Waals surface area contributed by atoms with Crippen LogP contribution in [-0.2, 0) is 16.7 Å². The van der Waals surface area contributed by atoms with Crippen molar-refractivity contribution in [1.29, 1.82) is 0 Å². The molecule has 1 aromatic carbocycles. The van der Waals surface area contributed by atoms with Gasteiger partial charge in [-0.2, -0.15) is 0 Å². The first kappa shape index (κ1) is 97.1. The second-order valence-corrected chi connectivity index (χ2v) is 40.3. The molecule has 0 bridgehead atoms. The fraction of sp³-hybridized carbons (Fsp3) is 0.854. The van der Waals surface area contributed by atoms with Crippen LogP contribution >= 0.6 is 0 Å². The molecule has 0 fully saturated rings. The summed E-state index contributed by atoms with van der Waals surface area (Å²) in [5.74, 6) is 6.30. The minimum absolute atomic E-state index is 0.0257. The van der Waals surface area contributed by atoms with Crippen LogP contribution in [0.4, 0.5) is 0 Å². The number of unbranched alkanes of at least 4 members (excludes halogenated alkanes) is 1. The quantitative estimate of drug-likeness (QED) is 0.0646. The van der Waals surface area contributed by atoms with E-state index in [0.717, 1.165) is 39.3 Å². The van der Waals surface area contributed by atoms with Gasteiger partial charge in [0.1, 0.15) is 0 Å². The van der Waals surface area contributed by atoms with E-state index in [0.29, 0.717) is 32.5 Å². The van der Waals surface area contributed by atoms with Crippen molar-refractivity contribution < 1.29 is 4.74 Å². The molecule has 0 aliphatic heterocycles. The first-order valence-corrected chi connectivity index (χ1v) is 34.8. The van der Waals surface area contributed by atoms with Crippen molar-refractivity contribution in [2.75, 3.05) is 32.8 Å². The summed E-state index contributed by atoms with van der Waals surface area (Å²) in [4.78, 5) is 0. The third-order valence-corrected chi connectivity index (χ3v) is 12.0. The van der Waals surface area contributed by atoms with Gasteiger partial charge >= 0.3 is 0 Å². The Morgan fingerprint density at radius 2 is 0.705 bits per heavy atom. The Morgan fingerprint density at radius 3 is 1.00 bits per heavy atom.